The lowest BCUT2D eigenvalue weighted by Crippen LogP contribution is -2.56. The van der Waals surface area contributed by atoms with Gasteiger partial charge in [0.15, 0.2) is 14.6 Å². The van der Waals surface area contributed by atoms with E-state index < -0.39 is 33.5 Å². The molecule has 2 saturated heterocycles. The number of thiocarbonyl (C=S) groups is 2. The van der Waals surface area contributed by atoms with Crippen molar-refractivity contribution in [2.24, 2.45) is 9.98 Å². The number of carbonyl (C=O) groups excluding carboxylic acids is 3. The van der Waals surface area contributed by atoms with Crippen molar-refractivity contribution in [1.29, 1.82) is 0 Å². The second-order valence-electron chi connectivity index (χ2n) is 28.9. The minimum Gasteiger partial charge on any atom is -0.497 e. The molecule has 11 aromatic carbocycles. The third-order valence-corrected chi connectivity index (χ3v) is 19.2. The maximum Gasteiger partial charge on any atom is 0.573 e. The Hall–Kier alpha value is -11.7. The first-order chi connectivity index (χ1) is 57.9. The van der Waals surface area contributed by atoms with Crippen molar-refractivity contribution in [1.82, 2.24) is 0 Å². The molecule has 13 rings (SSSR count). The minimum absolute atomic E-state index is 0.0556. The number of nitrogens with one attached hydrogen (secondary N) is 2. The molecule has 0 aliphatic carbocycles. The number of ether oxygens (including phenoxy) is 5. The summed E-state index contributed by atoms with van der Waals surface area (Å²) in [5.41, 5.74) is 16.4. The van der Waals surface area contributed by atoms with E-state index in [-0.39, 0.29) is 27.5 Å². The Balaban J connectivity index is 0.000000230. The monoisotopic (exact) mass is 1880 g/mol. The van der Waals surface area contributed by atoms with Crippen LogP contribution >= 0.6 is 79.5 Å². The zero-order chi connectivity index (χ0) is 91.2. The van der Waals surface area contributed by atoms with Crippen LogP contribution in [0.1, 0.15) is 80.5 Å². The Morgan fingerprint density at radius 3 is 1.22 bits per heavy atom. The zero-order valence-corrected chi connectivity index (χ0v) is 77.0. The number of alkyl halides is 4. The standard InChI is InChI=1S/C26H28N2O3.C19H20N2O3.C15H16N2OS.C15H14N2O.C7H4BrF3O.C7H9N.C4H7BrO2.CCl2S/c1-18-9-11-22(12-10-18)28-24(29)27(21-13-15-23(31-5)16-14-21)25(3,4)26(28,30)20-8-6-7-19(2)17-20;1-13-5-7-14(8-6-13)20-17(22)19(2,3)21(18(20)23)15-9-11-16(24-4)12-10-15;1-11-3-5-12(6-4-11)16-15(19)17-13-7-9-14(18-2)10-8-13;1-12-3-5-13(6-4-12)16-11-17-14-7-9-15(18-2)10-8-14;8-5-2-1-3-6(4-5)12-7(9,10)11;1-6-2-4-7(8)5-3-6;1-4(2,5)3(6)7;2-1(3)4/h6-17,30H,1-5H3;5-12H,1-4H3;3-10H,1-2H3,(H2,16,17,19);3-10H,1-2H3;1-4H;2-5H,8H2,1H3;1-2H3,(H,6,7);. The number of carboxylic acids is 1. The van der Waals surface area contributed by atoms with E-state index in [0.29, 0.717) is 49.4 Å². The van der Waals surface area contributed by atoms with Crippen molar-refractivity contribution in [2.75, 3.05) is 64.4 Å². The van der Waals surface area contributed by atoms with Crippen LogP contribution in [0.15, 0.2) is 281 Å². The molecule has 6 N–H and O–H groups in total. The average molecular weight is 1880 g/mol. The number of nitrogen functional groups attached to an aromatic ring is 1. The molecule has 2 aliphatic rings. The third-order valence-electron chi connectivity index (χ3n) is 18.2. The first-order valence-corrected chi connectivity index (χ1v) is 40.9. The Morgan fingerprint density at radius 2 is 0.829 bits per heavy atom. The summed E-state index contributed by atoms with van der Waals surface area (Å²) in [4.78, 5) is 63.9. The first kappa shape index (κ1) is 100. The number of hydrogen-bond donors (Lipinski definition) is 5. The number of carbonyl (C=O) groups is 4. The number of nitrogens with two attached hydrogens (primary N) is 1. The molecule has 0 spiro atoms. The molecular weight excluding hydrogens is 1780 g/mol. The van der Waals surface area contributed by atoms with E-state index in [1.807, 2.05) is 255 Å². The van der Waals surface area contributed by atoms with Crippen molar-refractivity contribution >= 4 is 170 Å². The lowest BCUT2D eigenvalue weighted by Gasteiger charge is -2.42. The van der Waals surface area contributed by atoms with E-state index in [1.165, 1.54) is 49.6 Å². The van der Waals surface area contributed by atoms with E-state index in [0.717, 1.165) is 56.6 Å². The highest BCUT2D eigenvalue weighted by Gasteiger charge is 2.64. The average Bonchev–Trinajstić information content (AvgIpc) is 1.54. The van der Waals surface area contributed by atoms with Crippen LogP contribution in [0.2, 0.25) is 0 Å². The maximum atomic E-state index is 13.9. The second-order valence-corrected chi connectivity index (χ2v) is 34.0. The van der Waals surface area contributed by atoms with E-state index >= 15 is 0 Å². The summed E-state index contributed by atoms with van der Waals surface area (Å²) in [5.74, 6) is 1.73. The molecule has 1 atom stereocenters. The molecule has 2 heterocycles. The number of halogens is 7. The van der Waals surface area contributed by atoms with E-state index in [4.69, 9.17) is 65.2 Å². The molecule has 0 saturated carbocycles. The Morgan fingerprint density at radius 1 is 0.488 bits per heavy atom. The van der Waals surface area contributed by atoms with Crippen LogP contribution in [0.5, 0.6) is 28.7 Å². The molecule has 5 amide bonds. The van der Waals surface area contributed by atoms with Gasteiger partial charge < -0.3 is 50.3 Å². The highest BCUT2D eigenvalue weighted by Crippen LogP contribution is 2.51. The second kappa shape index (κ2) is 46.6. The van der Waals surface area contributed by atoms with Gasteiger partial charge in [0.05, 0.1) is 51.0 Å². The first-order valence-electron chi connectivity index (χ1n) is 37.8. The van der Waals surface area contributed by atoms with Crippen molar-refractivity contribution in [3.05, 3.63) is 310 Å². The number of benzene rings is 11. The minimum atomic E-state index is -4.62. The molecule has 0 bridgehead atoms. The largest absolute Gasteiger partial charge is 0.573 e. The van der Waals surface area contributed by atoms with Crippen LogP contribution in [-0.4, -0.2) is 99.3 Å². The van der Waals surface area contributed by atoms with Crippen LogP contribution in [-0.2, 0) is 15.3 Å². The zero-order valence-electron chi connectivity index (χ0n) is 70.7. The summed E-state index contributed by atoms with van der Waals surface area (Å²) < 4.78 is 58.9. The number of aliphatic hydroxyl groups is 1. The number of nitrogens with zero attached hydrogens (tertiary/aromatic N) is 6. The molecule has 29 heteroatoms. The topological polar surface area (TPSA) is 243 Å². The van der Waals surface area contributed by atoms with Crippen molar-refractivity contribution in [3.8, 4) is 28.7 Å². The van der Waals surface area contributed by atoms with Gasteiger partial charge in [-0.1, -0.05) is 192 Å². The molecule has 11 aromatic rings. The fourth-order valence-electron chi connectivity index (χ4n) is 11.5. The summed E-state index contributed by atoms with van der Waals surface area (Å²) >= 11 is 24.8. The molecule has 0 aromatic heterocycles. The van der Waals surface area contributed by atoms with E-state index in [2.05, 4.69) is 82.4 Å². The van der Waals surface area contributed by atoms with Gasteiger partial charge in [-0.25, -0.2) is 14.5 Å². The van der Waals surface area contributed by atoms with Gasteiger partial charge in [-0.15, -0.1) is 13.2 Å². The highest BCUT2D eigenvalue weighted by atomic mass is 79.9. The van der Waals surface area contributed by atoms with Gasteiger partial charge in [0, 0.05) is 44.2 Å². The highest BCUT2D eigenvalue weighted by molar-refractivity contribution is 9.10. The Bertz CT molecular complexity index is 5350. The summed E-state index contributed by atoms with van der Waals surface area (Å²) in [6, 6.07) is 83.5. The molecule has 0 radical (unpaired) electrons. The quantitative estimate of drug-likeness (QED) is 0.0160. The SMILES string of the molecule is CC(C)(Br)C(=O)O.COc1ccc(N2C(=O)N(c3ccc(C)cc3)C(=O)C2(C)C)cc1.COc1ccc(N2C(=O)N(c3ccc(C)cc3)C(O)(c3cccc(C)c3)C2(C)C)cc1.COc1ccc(N=C=Nc2ccc(C)cc2)cc1.COc1ccc(NC(=S)Nc2ccc(C)cc2)cc1.Cc1ccc(N)cc1.FC(F)(F)Oc1cccc(Br)c1.S=C(Cl)Cl. The lowest BCUT2D eigenvalue weighted by atomic mass is 9.83. The van der Waals surface area contributed by atoms with Crippen molar-refractivity contribution in [2.45, 2.75) is 111 Å². The number of carboxylic acid groups (broad SMARTS) is 1. The number of aliphatic imine (C=N–C) groups is 2. The summed E-state index contributed by atoms with van der Waals surface area (Å²) in [7, 11) is 6.47. The molecule has 1 unspecified atom stereocenters. The van der Waals surface area contributed by atoms with Crippen LogP contribution in [0.4, 0.5) is 73.9 Å². The van der Waals surface area contributed by atoms with Gasteiger partial charge >= 0.3 is 24.4 Å². The van der Waals surface area contributed by atoms with Crippen LogP contribution in [0.3, 0.4) is 0 Å². The van der Waals surface area contributed by atoms with Gasteiger partial charge in [0.25, 0.3) is 5.91 Å². The normalized spacial score (nSPS) is 13.8. The summed E-state index contributed by atoms with van der Waals surface area (Å²) in [6.45, 7) is 22.5. The number of amides is 5. The molecule has 2 fully saturated rings. The van der Waals surface area contributed by atoms with Crippen molar-refractivity contribution < 1.29 is 66.2 Å². The number of anilines is 7. The fraction of sp³-hybridized carbons (Fsp3) is 0.223. The molecule has 123 heavy (non-hydrogen) atoms. The van der Waals surface area contributed by atoms with Crippen molar-refractivity contribution in [3.63, 3.8) is 0 Å². The van der Waals surface area contributed by atoms with Gasteiger partial charge in [-0.05, 0) is 271 Å². The molecule has 20 nitrogen and oxygen atoms in total. The number of aliphatic carboxylic acids is 1. The Labute approximate surface area is 754 Å². The summed E-state index contributed by atoms with van der Waals surface area (Å²) in [5, 5.41) is 27.4. The number of methoxy groups -OCH3 is 4. The maximum absolute atomic E-state index is 13.9. The van der Waals surface area contributed by atoms with Gasteiger partial charge in [-0.3, -0.25) is 24.3 Å². The predicted molar refractivity (Wildman–Crippen MR) is 506 cm³/mol. The smallest absolute Gasteiger partial charge is 0.497 e. The number of rotatable bonds is 15. The van der Waals surface area contributed by atoms with Crippen LogP contribution in [0.25, 0.3) is 0 Å². The van der Waals surface area contributed by atoms with Crippen LogP contribution < -0.4 is 59.7 Å². The molecule has 646 valence electrons. The fourth-order valence-corrected chi connectivity index (χ4v) is 12.2. The molecular formula is C94H98Br2Cl2F3N9O11S2. The van der Waals surface area contributed by atoms with Gasteiger partial charge in [-0.2, -0.15) is 9.98 Å². The van der Waals surface area contributed by atoms with Crippen LogP contribution in [0, 0.1) is 41.5 Å². The van der Waals surface area contributed by atoms with E-state index in [9.17, 15) is 37.5 Å². The number of urea groups is 2. The number of hydrogen-bond acceptors (Lipinski definition) is 15. The lowest BCUT2D eigenvalue weighted by molar-refractivity contribution is -0.274. The predicted octanol–water partition coefficient (Wildman–Crippen LogP) is 25.0. The van der Waals surface area contributed by atoms with Gasteiger partial charge in [0.1, 0.15) is 44.6 Å². The molecule has 2 aliphatic heterocycles. The number of imide groups is 1. The third kappa shape index (κ3) is 30.4. The number of aryl methyl sites for hydroxylation is 6. The van der Waals surface area contributed by atoms with E-state index in [1.54, 1.807) is 103 Å². The Kier molecular flexibility index (Phi) is 37.9. The van der Waals surface area contributed by atoms with Gasteiger partial charge in [0.2, 0.25) is 0 Å². The summed E-state index contributed by atoms with van der Waals surface area (Å²) in [6.07, 6.45) is -4.62.